The molecule has 0 aromatic heterocycles. The van der Waals surface area contributed by atoms with Gasteiger partial charge in [-0.25, -0.2) is 0 Å². The lowest BCUT2D eigenvalue weighted by molar-refractivity contribution is -0.137. The number of halogens is 3. The summed E-state index contributed by atoms with van der Waals surface area (Å²) in [4.78, 5) is 0. The number of hydrogen-bond donors (Lipinski definition) is 1. The highest BCUT2D eigenvalue weighted by atomic mass is 19.4. The van der Waals surface area contributed by atoms with Crippen LogP contribution in [0.15, 0.2) is 48.5 Å². The molecule has 2 radical (unpaired) electrons. The first-order valence-corrected chi connectivity index (χ1v) is 9.22. The molecule has 26 heavy (non-hydrogen) atoms. The van der Waals surface area contributed by atoms with Crippen molar-refractivity contribution in [2.75, 3.05) is 5.32 Å². The van der Waals surface area contributed by atoms with E-state index in [1.165, 1.54) is 17.7 Å². The summed E-state index contributed by atoms with van der Waals surface area (Å²) in [7, 11) is 6.15. The van der Waals surface area contributed by atoms with Gasteiger partial charge in [0.15, 0.2) is 0 Å². The molecule has 5 heteroatoms. The van der Waals surface area contributed by atoms with Gasteiger partial charge in [-0.15, -0.1) is 0 Å². The van der Waals surface area contributed by atoms with Gasteiger partial charge in [0.1, 0.15) is 0 Å². The Kier molecular flexibility index (Phi) is 5.95. The summed E-state index contributed by atoms with van der Waals surface area (Å²) >= 11 is 0. The molecular weight excluding hydrogens is 334 g/mol. The van der Waals surface area contributed by atoms with Crippen LogP contribution in [0.5, 0.6) is 0 Å². The highest BCUT2D eigenvalue weighted by molar-refractivity contribution is 6.11. The Morgan fingerprint density at radius 1 is 0.846 bits per heavy atom. The summed E-state index contributed by atoms with van der Waals surface area (Å²) in [5.74, 6) is 0.701. The molecule has 3 rings (SSSR count). The lowest BCUT2D eigenvalue weighted by Gasteiger charge is -2.25. The predicted molar refractivity (Wildman–Crippen MR) is 101 cm³/mol. The normalized spacial score (nSPS) is 21.7. The molecule has 1 aliphatic rings. The zero-order valence-corrected chi connectivity index (χ0v) is 14.7. The molecule has 0 spiro atoms. The van der Waals surface area contributed by atoms with Crippen LogP contribution in [-0.2, 0) is 6.18 Å². The minimum atomic E-state index is -4.31. The third kappa shape index (κ3) is 4.83. The van der Waals surface area contributed by atoms with Gasteiger partial charge >= 0.3 is 6.18 Å². The molecule has 2 unspecified atom stereocenters. The molecule has 1 N–H and O–H groups in total. The van der Waals surface area contributed by atoms with Crippen LogP contribution in [0.3, 0.4) is 0 Å². The van der Waals surface area contributed by atoms with E-state index in [1.807, 2.05) is 18.2 Å². The maximum atomic E-state index is 12.7. The van der Waals surface area contributed by atoms with Gasteiger partial charge < -0.3 is 5.32 Å². The first-order chi connectivity index (χ1) is 12.4. The van der Waals surface area contributed by atoms with Crippen LogP contribution < -0.4 is 5.32 Å². The minimum Gasteiger partial charge on any atom is -0.355 e. The maximum Gasteiger partial charge on any atom is 0.416 e. The highest BCUT2D eigenvalue weighted by Gasteiger charge is 2.30. The maximum absolute atomic E-state index is 12.7. The number of rotatable bonds is 3. The Morgan fingerprint density at radius 2 is 1.54 bits per heavy atom. The summed E-state index contributed by atoms with van der Waals surface area (Å²) < 4.78 is 38.2. The van der Waals surface area contributed by atoms with Crippen LogP contribution in [0.2, 0.25) is 5.82 Å². The van der Waals surface area contributed by atoms with E-state index in [1.54, 1.807) is 0 Å². The van der Waals surface area contributed by atoms with Crippen molar-refractivity contribution in [2.24, 2.45) is 0 Å². The van der Waals surface area contributed by atoms with Crippen molar-refractivity contribution in [2.45, 2.75) is 56.4 Å². The Morgan fingerprint density at radius 3 is 2.27 bits per heavy atom. The molecule has 2 aromatic rings. The summed E-state index contributed by atoms with van der Waals surface area (Å²) in [5.41, 5.74) is 2.21. The molecule has 0 amide bonds. The van der Waals surface area contributed by atoms with Crippen molar-refractivity contribution in [3.05, 3.63) is 59.7 Å². The second-order valence-corrected chi connectivity index (χ2v) is 7.11. The van der Waals surface area contributed by atoms with E-state index in [9.17, 15) is 13.2 Å². The molecule has 1 fully saturated rings. The fourth-order valence-corrected chi connectivity index (χ4v) is 3.68. The summed E-state index contributed by atoms with van der Waals surface area (Å²) in [6, 6.07) is 13.3. The van der Waals surface area contributed by atoms with E-state index >= 15 is 0 Å². The number of benzene rings is 2. The predicted octanol–water partition coefficient (Wildman–Crippen LogP) is 6.84. The van der Waals surface area contributed by atoms with Crippen molar-refractivity contribution >= 4 is 19.2 Å². The van der Waals surface area contributed by atoms with E-state index in [0.717, 1.165) is 56.3 Å². The third-order valence-corrected chi connectivity index (χ3v) is 5.16. The van der Waals surface area contributed by atoms with Gasteiger partial charge in [0.05, 0.1) is 13.4 Å². The Bertz CT molecular complexity index is 712. The third-order valence-electron chi connectivity index (χ3n) is 5.16. The molecule has 0 aliphatic heterocycles. The van der Waals surface area contributed by atoms with Crippen molar-refractivity contribution in [1.82, 2.24) is 0 Å². The molecule has 0 heterocycles. The van der Waals surface area contributed by atoms with Gasteiger partial charge in [0, 0.05) is 11.4 Å². The fraction of sp³-hybridized carbons (Fsp3) is 0.429. The zero-order valence-electron chi connectivity index (χ0n) is 14.7. The van der Waals surface area contributed by atoms with Crippen LogP contribution in [0.4, 0.5) is 24.5 Å². The SMILES string of the molecule is [B]C1CCCCC(c2ccccc2Nc2ccc(C(F)(F)F)cc2)CC1. The molecule has 2 aromatic carbocycles. The van der Waals surface area contributed by atoms with E-state index < -0.39 is 11.7 Å². The highest BCUT2D eigenvalue weighted by Crippen LogP contribution is 2.38. The van der Waals surface area contributed by atoms with Crippen LogP contribution in [-0.4, -0.2) is 7.85 Å². The smallest absolute Gasteiger partial charge is 0.355 e. The average Bonchev–Trinajstić information content (AvgIpc) is 2.59. The molecule has 136 valence electrons. The summed E-state index contributed by atoms with van der Waals surface area (Å²) in [6.07, 6.45) is 2.29. The van der Waals surface area contributed by atoms with Gasteiger partial charge in [0.2, 0.25) is 0 Å². The quantitative estimate of drug-likeness (QED) is 0.593. The molecular formula is C21H23BF3N. The lowest BCUT2D eigenvalue weighted by Crippen LogP contribution is -2.08. The van der Waals surface area contributed by atoms with Gasteiger partial charge in [-0.1, -0.05) is 49.7 Å². The second kappa shape index (κ2) is 8.19. The van der Waals surface area contributed by atoms with Crippen LogP contribution in [0.25, 0.3) is 0 Å². The van der Waals surface area contributed by atoms with Crippen molar-refractivity contribution in [3.8, 4) is 0 Å². The van der Waals surface area contributed by atoms with Crippen LogP contribution >= 0.6 is 0 Å². The molecule has 0 saturated heterocycles. The monoisotopic (exact) mass is 357 g/mol. The topological polar surface area (TPSA) is 12.0 Å². The van der Waals surface area contributed by atoms with E-state index in [0.29, 0.717) is 11.6 Å². The first-order valence-electron chi connectivity index (χ1n) is 9.22. The zero-order chi connectivity index (χ0) is 18.6. The number of nitrogens with one attached hydrogen (secondary N) is 1. The fourth-order valence-electron chi connectivity index (χ4n) is 3.68. The largest absolute Gasteiger partial charge is 0.416 e. The van der Waals surface area contributed by atoms with E-state index in [-0.39, 0.29) is 5.82 Å². The number of anilines is 2. The molecule has 0 bridgehead atoms. The number of para-hydroxylation sites is 1. The Labute approximate surface area is 154 Å². The van der Waals surface area contributed by atoms with E-state index in [2.05, 4.69) is 11.4 Å². The van der Waals surface area contributed by atoms with Crippen LogP contribution in [0.1, 0.15) is 55.6 Å². The first kappa shape index (κ1) is 18.9. The standard InChI is InChI=1S/C21H23BF3N/c22-17-6-2-1-5-15(9-12-17)19-7-3-4-8-20(19)26-18-13-10-16(11-14-18)21(23,24)25/h3-4,7-8,10-11,13-15,17,26H,1-2,5-6,9,12H2. The average molecular weight is 357 g/mol. The Balaban J connectivity index is 1.78. The van der Waals surface area contributed by atoms with Gasteiger partial charge in [-0.3, -0.25) is 0 Å². The lowest BCUT2D eigenvalue weighted by atomic mass is 9.74. The van der Waals surface area contributed by atoms with Crippen LogP contribution in [0, 0.1) is 0 Å². The summed E-state index contributed by atoms with van der Waals surface area (Å²) in [5, 5.41) is 3.30. The molecule has 2 atom stereocenters. The molecule has 1 saturated carbocycles. The number of hydrogen-bond acceptors (Lipinski definition) is 1. The van der Waals surface area contributed by atoms with Crippen molar-refractivity contribution in [3.63, 3.8) is 0 Å². The second-order valence-electron chi connectivity index (χ2n) is 7.11. The van der Waals surface area contributed by atoms with E-state index in [4.69, 9.17) is 7.85 Å². The molecule has 1 nitrogen and oxygen atoms in total. The van der Waals surface area contributed by atoms with Gasteiger partial charge in [-0.2, -0.15) is 13.2 Å². The van der Waals surface area contributed by atoms with Gasteiger partial charge in [0.25, 0.3) is 0 Å². The van der Waals surface area contributed by atoms with Crippen molar-refractivity contribution < 1.29 is 13.2 Å². The Hall–Kier alpha value is -1.91. The summed E-state index contributed by atoms with van der Waals surface area (Å²) in [6.45, 7) is 0. The molecule has 1 aliphatic carbocycles. The minimum absolute atomic E-state index is 0.271. The van der Waals surface area contributed by atoms with Crippen molar-refractivity contribution in [1.29, 1.82) is 0 Å². The van der Waals surface area contributed by atoms with Gasteiger partial charge in [-0.05, 0) is 54.7 Å². The number of alkyl halides is 3.